The summed E-state index contributed by atoms with van der Waals surface area (Å²) in [5, 5.41) is 15.6. The molecule has 1 saturated carbocycles. The fourth-order valence-electron chi connectivity index (χ4n) is 3.65. The van der Waals surface area contributed by atoms with E-state index in [-0.39, 0.29) is 7.03 Å². The maximum Gasteiger partial charge on any atom is 0.0971 e. The van der Waals surface area contributed by atoms with Gasteiger partial charge in [0.25, 0.3) is 0 Å². The van der Waals surface area contributed by atoms with E-state index in [1.807, 2.05) is 0 Å². The van der Waals surface area contributed by atoms with Crippen molar-refractivity contribution in [3.8, 4) is 6.07 Å². The number of rotatable bonds is 2. The Morgan fingerprint density at radius 2 is 2.22 bits per heavy atom. The highest BCUT2D eigenvalue weighted by atomic mass is 16.6. The SMILES string of the molecule is CO.N#CCC[C@H]1CCC2OC3CCCC2(C3)O1.[HH]. The summed E-state index contributed by atoms with van der Waals surface area (Å²) in [5.74, 6) is 0. The number of nitriles is 1. The Morgan fingerprint density at radius 1 is 1.39 bits per heavy atom. The van der Waals surface area contributed by atoms with E-state index in [0.29, 0.717) is 24.7 Å². The fraction of sp³-hybridized carbons (Fsp3) is 0.929. The molecule has 0 aromatic carbocycles. The number of nitrogens with zero attached hydrogens (tertiary/aromatic N) is 1. The van der Waals surface area contributed by atoms with Crippen molar-refractivity contribution in [3.05, 3.63) is 0 Å². The molecule has 0 amide bonds. The van der Waals surface area contributed by atoms with Gasteiger partial charge >= 0.3 is 0 Å². The van der Waals surface area contributed by atoms with Crippen LogP contribution in [0.1, 0.15) is 52.8 Å². The molecule has 3 aliphatic rings. The van der Waals surface area contributed by atoms with Gasteiger partial charge in [-0.05, 0) is 38.5 Å². The van der Waals surface area contributed by atoms with E-state index in [1.54, 1.807) is 0 Å². The summed E-state index contributed by atoms with van der Waals surface area (Å²) < 4.78 is 12.3. The quantitative estimate of drug-likeness (QED) is 0.823. The molecule has 104 valence electrons. The monoisotopic (exact) mass is 255 g/mol. The van der Waals surface area contributed by atoms with Gasteiger partial charge in [0.2, 0.25) is 0 Å². The van der Waals surface area contributed by atoms with Crippen molar-refractivity contribution < 1.29 is 16.0 Å². The van der Waals surface area contributed by atoms with Crippen molar-refractivity contribution in [2.45, 2.75) is 75.3 Å². The number of hydrogen-bond donors (Lipinski definition) is 1. The predicted octanol–water partition coefficient (Wildman–Crippen LogP) is 2.40. The first-order chi connectivity index (χ1) is 8.82. The third kappa shape index (κ3) is 2.54. The maximum absolute atomic E-state index is 8.63. The number of fused-ring (bicyclic) bond motifs is 1. The minimum atomic E-state index is 0. The Hall–Kier alpha value is -0.630. The Morgan fingerprint density at radius 3 is 3.00 bits per heavy atom. The Balaban J connectivity index is 0.000000576. The first kappa shape index (κ1) is 13.8. The molecule has 4 heteroatoms. The van der Waals surface area contributed by atoms with Gasteiger partial charge in [-0.3, -0.25) is 0 Å². The molecule has 4 nitrogen and oxygen atoms in total. The van der Waals surface area contributed by atoms with Gasteiger partial charge in [-0.25, -0.2) is 0 Å². The first-order valence-corrected chi connectivity index (χ1v) is 6.97. The van der Waals surface area contributed by atoms with Crippen LogP contribution in [0.15, 0.2) is 0 Å². The average molecular weight is 255 g/mol. The van der Waals surface area contributed by atoms with Crippen molar-refractivity contribution in [3.63, 3.8) is 0 Å². The lowest BCUT2D eigenvalue weighted by atomic mass is 9.78. The molecule has 0 radical (unpaired) electrons. The van der Waals surface area contributed by atoms with Crippen LogP contribution in [-0.2, 0) is 9.47 Å². The highest BCUT2D eigenvalue weighted by Gasteiger charge is 2.54. The lowest BCUT2D eigenvalue weighted by molar-refractivity contribution is -0.166. The lowest BCUT2D eigenvalue weighted by Crippen LogP contribution is -2.48. The zero-order chi connectivity index (χ0) is 13.0. The minimum Gasteiger partial charge on any atom is -0.400 e. The lowest BCUT2D eigenvalue weighted by Gasteiger charge is -2.42. The van der Waals surface area contributed by atoms with Crippen LogP contribution in [0.2, 0.25) is 0 Å². The summed E-state index contributed by atoms with van der Waals surface area (Å²) in [6, 6.07) is 2.22. The topological polar surface area (TPSA) is 62.5 Å². The first-order valence-electron chi connectivity index (χ1n) is 6.97. The summed E-state index contributed by atoms with van der Waals surface area (Å²) in [7, 11) is 1.00. The van der Waals surface area contributed by atoms with Crippen LogP contribution in [0.4, 0.5) is 0 Å². The van der Waals surface area contributed by atoms with Crippen LogP contribution >= 0.6 is 0 Å². The molecule has 2 saturated heterocycles. The predicted molar refractivity (Wildman–Crippen MR) is 69.1 cm³/mol. The van der Waals surface area contributed by atoms with Crippen LogP contribution in [-0.4, -0.2) is 36.1 Å². The summed E-state index contributed by atoms with van der Waals surface area (Å²) in [5.41, 5.74) is 0.0291. The zero-order valence-corrected chi connectivity index (χ0v) is 11.1. The van der Waals surface area contributed by atoms with Gasteiger partial charge in [-0.15, -0.1) is 0 Å². The van der Waals surface area contributed by atoms with Crippen LogP contribution in [0.25, 0.3) is 0 Å². The Kier molecular flexibility index (Phi) is 4.60. The molecule has 4 atom stereocenters. The summed E-state index contributed by atoms with van der Waals surface area (Å²) in [4.78, 5) is 0. The summed E-state index contributed by atoms with van der Waals surface area (Å²) in [6.45, 7) is 0. The fourth-order valence-corrected chi connectivity index (χ4v) is 3.65. The molecule has 3 unspecified atom stereocenters. The molecule has 2 aliphatic heterocycles. The smallest absolute Gasteiger partial charge is 0.0971 e. The third-order valence-electron chi connectivity index (χ3n) is 4.37. The minimum absolute atomic E-state index is 0. The van der Waals surface area contributed by atoms with Crippen molar-refractivity contribution in [2.75, 3.05) is 7.11 Å². The Labute approximate surface area is 110 Å². The Bertz CT molecular complexity index is 320. The molecular weight excluding hydrogens is 230 g/mol. The largest absolute Gasteiger partial charge is 0.400 e. The van der Waals surface area contributed by atoms with Crippen molar-refractivity contribution in [1.29, 1.82) is 5.26 Å². The molecule has 1 N–H and O–H groups in total. The van der Waals surface area contributed by atoms with E-state index in [1.165, 1.54) is 12.8 Å². The van der Waals surface area contributed by atoms with Crippen LogP contribution in [0, 0.1) is 11.3 Å². The molecule has 1 aliphatic carbocycles. The van der Waals surface area contributed by atoms with E-state index < -0.39 is 0 Å². The highest BCUT2D eigenvalue weighted by Crippen LogP contribution is 2.49. The van der Waals surface area contributed by atoms with E-state index >= 15 is 0 Å². The van der Waals surface area contributed by atoms with Crippen molar-refractivity contribution in [2.24, 2.45) is 0 Å². The third-order valence-corrected chi connectivity index (χ3v) is 4.37. The second-order valence-electron chi connectivity index (χ2n) is 5.42. The molecule has 2 bridgehead atoms. The standard InChI is InChI=1S/C13H19NO2.CH4O.H2/c14-8-2-4-10-5-6-12-13(16-10)7-1-3-11(9-13)15-12;1-2;/h10-12H,1-7,9H2;2H,1H3;1H/t10-,11?,12?,13?;;/m0../s1. The van der Waals surface area contributed by atoms with E-state index in [9.17, 15) is 0 Å². The van der Waals surface area contributed by atoms with E-state index in [2.05, 4.69) is 6.07 Å². The molecule has 3 rings (SSSR count). The van der Waals surface area contributed by atoms with Gasteiger partial charge in [0.15, 0.2) is 0 Å². The summed E-state index contributed by atoms with van der Waals surface area (Å²) >= 11 is 0. The van der Waals surface area contributed by atoms with Crippen molar-refractivity contribution >= 4 is 0 Å². The van der Waals surface area contributed by atoms with Crippen molar-refractivity contribution in [1.82, 2.24) is 0 Å². The highest BCUT2D eigenvalue weighted by molar-refractivity contribution is 5.04. The molecule has 2 heterocycles. The molecule has 3 fully saturated rings. The number of aliphatic hydroxyl groups excluding tert-OH is 1. The maximum atomic E-state index is 8.63. The van der Waals surface area contributed by atoms with Gasteiger partial charge in [0.05, 0.1) is 30.0 Å². The molecular formula is C14H25NO3. The second kappa shape index (κ2) is 6.01. The summed E-state index contributed by atoms with van der Waals surface area (Å²) in [6.07, 6.45) is 9.54. The van der Waals surface area contributed by atoms with Crippen LogP contribution in [0.3, 0.4) is 0 Å². The average Bonchev–Trinajstić information content (AvgIpc) is 2.67. The van der Waals surface area contributed by atoms with E-state index in [0.717, 1.165) is 39.2 Å². The number of hydrogen-bond acceptors (Lipinski definition) is 4. The number of ether oxygens (including phenoxy) is 2. The van der Waals surface area contributed by atoms with Crippen LogP contribution in [0.5, 0.6) is 0 Å². The molecule has 18 heavy (non-hydrogen) atoms. The van der Waals surface area contributed by atoms with E-state index in [4.69, 9.17) is 19.8 Å². The van der Waals surface area contributed by atoms with Gasteiger partial charge in [0.1, 0.15) is 0 Å². The van der Waals surface area contributed by atoms with Gasteiger partial charge < -0.3 is 14.6 Å². The molecule has 0 aromatic rings. The van der Waals surface area contributed by atoms with Crippen LogP contribution < -0.4 is 0 Å². The van der Waals surface area contributed by atoms with Gasteiger partial charge in [-0.2, -0.15) is 5.26 Å². The van der Waals surface area contributed by atoms with Gasteiger partial charge in [-0.1, -0.05) is 0 Å². The molecule has 0 aromatic heterocycles. The second-order valence-corrected chi connectivity index (χ2v) is 5.42. The normalized spacial score (nSPS) is 41.3. The zero-order valence-electron chi connectivity index (χ0n) is 11.1. The number of aliphatic hydroxyl groups is 1. The van der Waals surface area contributed by atoms with Gasteiger partial charge in [0, 0.05) is 21.4 Å². The molecule has 1 spiro atoms.